The highest BCUT2D eigenvalue weighted by Crippen LogP contribution is 2.39. The number of aliphatic hydroxyl groups is 1. The molecule has 0 aromatic heterocycles. The molecule has 2 heteroatoms. The van der Waals surface area contributed by atoms with Crippen molar-refractivity contribution >= 4 is 10.8 Å². The fraction of sp³-hybridized carbons (Fsp3) is 0.524. The van der Waals surface area contributed by atoms with Crippen molar-refractivity contribution in [2.75, 3.05) is 13.1 Å². The average Bonchev–Trinajstić information content (AvgIpc) is 3.00. The smallest absolute Gasteiger partial charge is 0.0703 e. The van der Waals surface area contributed by atoms with Crippen molar-refractivity contribution in [2.24, 2.45) is 5.92 Å². The minimum Gasteiger partial charge on any atom is -0.389 e. The van der Waals surface area contributed by atoms with Crippen molar-refractivity contribution in [3.8, 4) is 0 Å². The molecule has 3 atom stereocenters. The molecule has 122 valence electrons. The maximum atomic E-state index is 11.3. The molecule has 23 heavy (non-hydrogen) atoms. The van der Waals surface area contributed by atoms with Crippen LogP contribution in [0.4, 0.5) is 0 Å². The largest absolute Gasteiger partial charge is 0.389 e. The molecule has 2 fully saturated rings. The van der Waals surface area contributed by atoms with Crippen LogP contribution in [-0.2, 0) is 6.42 Å². The molecule has 0 spiro atoms. The van der Waals surface area contributed by atoms with Gasteiger partial charge >= 0.3 is 0 Å². The second kappa shape index (κ2) is 5.92. The van der Waals surface area contributed by atoms with Crippen LogP contribution in [0.15, 0.2) is 42.5 Å². The van der Waals surface area contributed by atoms with Gasteiger partial charge in [0.05, 0.1) is 5.60 Å². The first-order chi connectivity index (χ1) is 11.2. The van der Waals surface area contributed by atoms with Gasteiger partial charge in [0, 0.05) is 12.6 Å². The number of aryl methyl sites for hydroxylation is 1. The molecule has 2 saturated heterocycles. The summed E-state index contributed by atoms with van der Waals surface area (Å²) >= 11 is 0. The summed E-state index contributed by atoms with van der Waals surface area (Å²) in [5.74, 6) is 0.367. The van der Waals surface area contributed by atoms with E-state index in [0.29, 0.717) is 12.0 Å². The maximum Gasteiger partial charge on any atom is 0.0703 e. The van der Waals surface area contributed by atoms with E-state index in [0.717, 1.165) is 25.8 Å². The van der Waals surface area contributed by atoms with Crippen LogP contribution in [0.25, 0.3) is 10.8 Å². The first-order valence-electron chi connectivity index (χ1n) is 9.09. The zero-order valence-electron chi connectivity index (χ0n) is 14.0. The lowest BCUT2D eigenvalue weighted by atomic mass is 9.75. The number of hydrogen-bond acceptors (Lipinski definition) is 2. The van der Waals surface area contributed by atoms with Gasteiger partial charge in [-0.2, -0.15) is 0 Å². The Morgan fingerprint density at radius 3 is 2.91 bits per heavy atom. The molecule has 2 nitrogen and oxygen atoms in total. The van der Waals surface area contributed by atoms with Crippen LogP contribution >= 0.6 is 0 Å². The van der Waals surface area contributed by atoms with Gasteiger partial charge in [0.1, 0.15) is 0 Å². The molecule has 0 amide bonds. The molecular formula is C21H27NO. The monoisotopic (exact) mass is 309 g/mol. The number of fused-ring (bicyclic) bond motifs is 2. The second-order valence-corrected chi connectivity index (χ2v) is 7.64. The van der Waals surface area contributed by atoms with E-state index < -0.39 is 5.60 Å². The van der Waals surface area contributed by atoms with Crippen molar-refractivity contribution in [2.45, 2.75) is 50.7 Å². The van der Waals surface area contributed by atoms with Gasteiger partial charge < -0.3 is 5.11 Å². The Bertz CT molecular complexity index is 692. The zero-order valence-corrected chi connectivity index (χ0v) is 14.0. The van der Waals surface area contributed by atoms with Crippen LogP contribution in [0.2, 0.25) is 0 Å². The molecule has 0 radical (unpaired) electrons. The van der Waals surface area contributed by atoms with Gasteiger partial charge in [-0.15, -0.1) is 0 Å². The predicted molar refractivity (Wildman–Crippen MR) is 95.6 cm³/mol. The van der Waals surface area contributed by atoms with Crippen LogP contribution < -0.4 is 0 Å². The topological polar surface area (TPSA) is 23.5 Å². The third-order valence-electron chi connectivity index (χ3n) is 6.22. The Morgan fingerprint density at radius 1 is 1.17 bits per heavy atom. The van der Waals surface area contributed by atoms with Crippen molar-refractivity contribution in [3.05, 3.63) is 48.0 Å². The highest BCUT2D eigenvalue weighted by atomic mass is 16.3. The number of rotatable bonds is 3. The fourth-order valence-electron chi connectivity index (χ4n) is 4.71. The molecule has 2 heterocycles. The summed E-state index contributed by atoms with van der Waals surface area (Å²) in [6.45, 7) is 4.53. The number of nitrogens with zero attached hydrogens (tertiary/aromatic N) is 1. The van der Waals surface area contributed by atoms with Crippen LogP contribution in [-0.4, -0.2) is 34.7 Å². The van der Waals surface area contributed by atoms with E-state index in [1.165, 1.54) is 35.7 Å². The third-order valence-corrected chi connectivity index (χ3v) is 6.22. The molecule has 2 aliphatic heterocycles. The molecule has 2 aliphatic rings. The van der Waals surface area contributed by atoms with E-state index in [4.69, 9.17) is 0 Å². The first kappa shape index (κ1) is 15.2. The van der Waals surface area contributed by atoms with Gasteiger partial charge in [-0.1, -0.05) is 49.4 Å². The summed E-state index contributed by atoms with van der Waals surface area (Å²) in [5, 5.41) is 13.9. The Balaban J connectivity index is 1.53. The molecule has 2 aromatic carbocycles. The lowest BCUT2D eigenvalue weighted by molar-refractivity contribution is -0.0834. The van der Waals surface area contributed by atoms with Crippen molar-refractivity contribution in [3.63, 3.8) is 0 Å². The van der Waals surface area contributed by atoms with E-state index in [1.54, 1.807) is 0 Å². The minimum atomic E-state index is -0.498. The SMILES string of the molecule is CC1CN2CCCC2CC1(O)CCc1cccc2ccccc12. The van der Waals surface area contributed by atoms with Crippen LogP contribution in [0.3, 0.4) is 0 Å². The minimum absolute atomic E-state index is 0.367. The highest BCUT2D eigenvalue weighted by molar-refractivity contribution is 5.85. The van der Waals surface area contributed by atoms with E-state index in [-0.39, 0.29) is 0 Å². The van der Waals surface area contributed by atoms with Crippen molar-refractivity contribution in [1.82, 2.24) is 4.90 Å². The van der Waals surface area contributed by atoms with Crippen LogP contribution in [0, 0.1) is 5.92 Å². The second-order valence-electron chi connectivity index (χ2n) is 7.64. The lowest BCUT2D eigenvalue weighted by Gasteiger charge is -2.45. The van der Waals surface area contributed by atoms with Crippen molar-refractivity contribution < 1.29 is 5.11 Å². The maximum absolute atomic E-state index is 11.3. The van der Waals surface area contributed by atoms with E-state index in [1.807, 2.05) is 0 Å². The van der Waals surface area contributed by atoms with Gasteiger partial charge in [0.15, 0.2) is 0 Å². The summed E-state index contributed by atoms with van der Waals surface area (Å²) in [6.07, 6.45) is 5.38. The average molecular weight is 309 g/mol. The summed E-state index contributed by atoms with van der Waals surface area (Å²) in [4.78, 5) is 2.59. The zero-order chi connectivity index (χ0) is 15.9. The highest BCUT2D eigenvalue weighted by Gasteiger charge is 2.44. The van der Waals surface area contributed by atoms with Gasteiger partial charge in [-0.3, -0.25) is 4.90 Å². The number of hydrogen-bond donors (Lipinski definition) is 1. The van der Waals surface area contributed by atoms with E-state index in [9.17, 15) is 5.11 Å². The Hall–Kier alpha value is -1.38. The third kappa shape index (κ3) is 2.79. The quantitative estimate of drug-likeness (QED) is 0.926. The summed E-state index contributed by atoms with van der Waals surface area (Å²) in [7, 11) is 0. The molecule has 0 bridgehead atoms. The molecule has 2 aromatic rings. The molecule has 1 N–H and O–H groups in total. The molecule has 0 saturated carbocycles. The first-order valence-corrected chi connectivity index (χ1v) is 9.09. The lowest BCUT2D eigenvalue weighted by Crippen LogP contribution is -2.53. The van der Waals surface area contributed by atoms with Crippen molar-refractivity contribution in [1.29, 1.82) is 0 Å². The van der Waals surface area contributed by atoms with Gasteiger partial charge in [0.2, 0.25) is 0 Å². The summed E-state index contributed by atoms with van der Waals surface area (Å²) < 4.78 is 0. The summed E-state index contributed by atoms with van der Waals surface area (Å²) in [6, 6.07) is 15.7. The summed E-state index contributed by atoms with van der Waals surface area (Å²) in [5.41, 5.74) is 0.875. The molecule has 0 aliphatic carbocycles. The van der Waals surface area contributed by atoms with Crippen LogP contribution in [0.5, 0.6) is 0 Å². The molecule has 4 rings (SSSR count). The molecular weight excluding hydrogens is 282 g/mol. The Kier molecular flexibility index (Phi) is 3.90. The fourth-order valence-corrected chi connectivity index (χ4v) is 4.71. The normalized spacial score (nSPS) is 31.4. The number of piperidine rings is 1. The van der Waals surface area contributed by atoms with Gasteiger partial charge in [-0.25, -0.2) is 0 Å². The van der Waals surface area contributed by atoms with Crippen LogP contribution in [0.1, 0.15) is 38.2 Å². The Morgan fingerprint density at radius 2 is 2.00 bits per heavy atom. The van der Waals surface area contributed by atoms with Gasteiger partial charge in [0.25, 0.3) is 0 Å². The predicted octanol–water partition coefficient (Wildman–Crippen LogP) is 4.01. The Labute approximate surface area is 139 Å². The standard InChI is InChI=1S/C21H27NO/c1-16-15-22-13-5-9-19(22)14-21(16,23)12-11-18-8-4-7-17-6-2-3-10-20(17)18/h2-4,6-8,10,16,19,23H,5,9,11-15H2,1H3. The number of benzene rings is 2. The van der Waals surface area contributed by atoms with E-state index >= 15 is 0 Å². The van der Waals surface area contributed by atoms with Gasteiger partial charge in [-0.05, 0) is 60.9 Å². The van der Waals surface area contributed by atoms with E-state index in [2.05, 4.69) is 54.3 Å². The molecule has 3 unspecified atom stereocenters.